The predicted octanol–water partition coefficient (Wildman–Crippen LogP) is 2.03. The molecule has 6 heteroatoms. The number of carbonyl (C=O) groups excluding carboxylic acids is 1. The first-order valence-electron chi connectivity index (χ1n) is 4.79. The number of carboxylic acids is 1. The molecule has 0 fully saturated rings. The standard InChI is InChI=1S/C10H12BrNO3S/c11-7-5-8(16-6-7)1-2-9(13)12-4-3-10(14)15/h5-6H,1-4H2,(H,12,13)(H,14,15). The van der Waals surface area contributed by atoms with Gasteiger partial charge in [0.05, 0.1) is 6.42 Å². The summed E-state index contributed by atoms with van der Waals surface area (Å²) in [6, 6.07) is 1.98. The van der Waals surface area contributed by atoms with Crippen molar-refractivity contribution >= 4 is 39.1 Å². The predicted molar refractivity (Wildman–Crippen MR) is 65.6 cm³/mol. The van der Waals surface area contributed by atoms with E-state index in [1.807, 2.05) is 11.4 Å². The molecule has 0 radical (unpaired) electrons. The van der Waals surface area contributed by atoms with Gasteiger partial charge in [-0.1, -0.05) is 0 Å². The molecular formula is C10H12BrNO3S. The van der Waals surface area contributed by atoms with Crippen LogP contribution in [0.2, 0.25) is 0 Å². The highest BCUT2D eigenvalue weighted by molar-refractivity contribution is 9.10. The number of thiophene rings is 1. The number of hydrogen-bond acceptors (Lipinski definition) is 3. The van der Waals surface area contributed by atoms with Gasteiger partial charge in [-0.3, -0.25) is 9.59 Å². The van der Waals surface area contributed by atoms with Gasteiger partial charge in [0.1, 0.15) is 0 Å². The summed E-state index contributed by atoms with van der Waals surface area (Å²) in [6.07, 6.45) is 1.05. The Kier molecular flexibility index (Phi) is 5.48. The minimum absolute atomic E-state index is 0.0315. The van der Waals surface area contributed by atoms with Crippen LogP contribution in [0.3, 0.4) is 0 Å². The number of nitrogens with one attached hydrogen (secondary N) is 1. The second kappa shape index (κ2) is 6.65. The van der Waals surface area contributed by atoms with E-state index in [0.29, 0.717) is 12.8 Å². The smallest absolute Gasteiger partial charge is 0.305 e. The van der Waals surface area contributed by atoms with Crippen molar-refractivity contribution in [1.29, 1.82) is 0 Å². The Hall–Kier alpha value is -0.880. The van der Waals surface area contributed by atoms with E-state index in [9.17, 15) is 9.59 Å². The first-order valence-corrected chi connectivity index (χ1v) is 6.46. The van der Waals surface area contributed by atoms with E-state index in [1.165, 1.54) is 0 Å². The fourth-order valence-electron chi connectivity index (χ4n) is 1.12. The number of halogens is 1. The van der Waals surface area contributed by atoms with Gasteiger partial charge in [-0.15, -0.1) is 11.3 Å². The zero-order valence-corrected chi connectivity index (χ0v) is 10.9. The summed E-state index contributed by atoms with van der Waals surface area (Å²) in [5, 5.41) is 12.9. The monoisotopic (exact) mass is 305 g/mol. The molecule has 1 aromatic heterocycles. The Balaban J connectivity index is 2.17. The summed E-state index contributed by atoms with van der Waals surface area (Å²) in [6.45, 7) is 0.197. The van der Waals surface area contributed by atoms with Crippen molar-refractivity contribution in [3.63, 3.8) is 0 Å². The van der Waals surface area contributed by atoms with Crippen molar-refractivity contribution in [2.45, 2.75) is 19.3 Å². The number of amides is 1. The van der Waals surface area contributed by atoms with Gasteiger partial charge in [0.25, 0.3) is 0 Å². The highest BCUT2D eigenvalue weighted by Gasteiger charge is 2.04. The molecule has 0 atom stereocenters. The van der Waals surface area contributed by atoms with Gasteiger partial charge in [-0.2, -0.15) is 0 Å². The molecule has 0 aliphatic carbocycles. The van der Waals surface area contributed by atoms with Crippen LogP contribution < -0.4 is 5.32 Å². The summed E-state index contributed by atoms with van der Waals surface area (Å²) in [5.41, 5.74) is 0. The molecule has 0 saturated heterocycles. The zero-order chi connectivity index (χ0) is 12.0. The summed E-state index contributed by atoms with van der Waals surface area (Å²) in [5.74, 6) is -1.01. The lowest BCUT2D eigenvalue weighted by Gasteiger charge is -2.01. The molecule has 1 aromatic rings. The van der Waals surface area contributed by atoms with E-state index in [2.05, 4.69) is 21.2 Å². The minimum atomic E-state index is -0.900. The van der Waals surface area contributed by atoms with Gasteiger partial charge in [-0.25, -0.2) is 0 Å². The average Bonchev–Trinajstić information content (AvgIpc) is 2.61. The number of carbonyl (C=O) groups is 2. The number of aryl methyl sites for hydroxylation is 1. The van der Waals surface area contributed by atoms with Crippen LogP contribution in [-0.4, -0.2) is 23.5 Å². The molecule has 1 amide bonds. The largest absolute Gasteiger partial charge is 0.481 e. The molecule has 0 aliphatic rings. The maximum atomic E-state index is 11.3. The lowest BCUT2D eigenvalue weighted by Crippen LogP contribution is -2.26. The summed E-state index contributed by atoms with van der Waals surface area (Å²) in [7, 11) is 0. The average molecular weight is 306 g/mol. The summed E-state index contributed by atoms with van der Waals surface area (Å²) < 4.78 is 1.03. The van der Waals surface area contributed by atoms with Gasteiger partial charge < -0.3 is 10.4 Å². The van der Waals surface area contributed by atoms with Crippen LogP contribution in [-0.2, 0) is 16.0 Å². The lowest BCUT2D eigenvalue weighted by atomic mass is 10.2. The van der Waals surface area contributed by atoms with Crippen molar-refractivity contribution in [2.75, 3.05) is 6.54 Å². The normalized spacial score (nSPS) is 10.1. The van der Waals surface area contributed by atoms with Gasteiger partial charge in [-0.05, 0) is 28.4 Å². The van der Waals surface area contributed by atoms with Crippen LogP contribution in [0.4, 0.5) is 0 Å². The van der Waals surface area contributed by atoms with E-state index in [-0.39, 0.29) is 18.9 Å². The molecule has 0 aliphatic heterocycles. The van der Waals surface area contributed by atoms with Gasteiger partial charge >= 0.3 is 5.97 Å². The van der Waals surface area contributed by atoms with Crippen LogP contribution in [0.1, 0.15) is 17.7 Å². The number of rotatable bonds is 6. The van der Waals surface area contributed by atoms with Gasteiger partial charge in [0.2, 0.25) is 5.91 Å². The molecule has 0 saturated carbocycles. The highest BCUT2D eigenvalue weighted by atomic mass is 79.9. The Morgan fingerprint density at radius 1 is 1.44 bits per heavy atom. The second-order valence-corrected chi connectivity index (χ2v) is 5.14. The quantitative estimate of drug-likeness (QED) is 0.845. The van der Waals surface area contributed by atoms with Crippen LogP contribution in [0.25, 0.3) is 0 Å². The first kappa shape index (κ1) is 13.2. The first-order chi connectivity index (χ1) is 7.58. The second-order valence-electron chi connectivity index (χ2n) is 3.22. The molecule has 0 spiro atoms. The van der Waals surface area contributed by atoms with Crippen molar-refractivity contribution in [1.82, 2.24) is 5.32 Å². The van der Waals surface area contributed by atoms with Gasteiger partial charge in [0, 0.05) is 27.7 Å². The van der Waals surface area contributed by atoms with Crippen molar-refractivity contribution in [3.05, 3.63) is 20.8 Å². The van der Waals surface area contributed by atoms with Crippen LogP contribution in [0.5, 0.6) is 0 Å². The van der Waals surface area contributed by atoms with E-state index in [4.69, 9.17) is 5.11 Å². The maximum Gasteiger partial charge on any atom is 0.305 e. The van der Waals surface area contributed by atoms with E-state index in [0.717, 1.165) is 9.35 Å². The Labute approximate surface area is 106 Å². The van der Waals surface area contributed by atoms with Crippen LogP contribution in [0, 0.1) is 0 Å². The minimum Gasteiger partial charge on any atom is -0.481 e. The third-order valence-corrected chi connectivity index (χ3v) is 3.64. The van der Waals surface area contributed by atoms with Crippen molar-refractivity contribution < 1.29 is 14.7 Å². The Morgan fingerprint density at radius 2 is 2.19 bits per heavy atom. The van der Waals surface area contributed by atoms with Gasteiger partial charge in [0.15, 0.2) is 0 Å². The lowest BCUT2D eigenvalue weighted by molar-refractivity contribution is -0.136. The third-order valence-electron chi connectivity index (χ3n) is 1.88. The highest BCUT2D eigenvalue weighted by Crippen LogP contribution is 2.20. The fourth-order valence-corrected chi connectivity index (χ4v) is 2.57. The molecule has 88 valence electrons. The Morgan fingerprint density at radius 3 is 2.75 bits per heavy atom. The molecule has 1 heterocycles. The van der Waals surface area contributed by atoms with Crippen LogP contribution >= 0.6 is 27.3 Å². The molecule has 16 heavy (non-hydrogen) atoms. The molecule has 4 nitrogen and oxygen atoms in total. The van der Waals surface area contributed by atoms with Crippen LogP contribution in [0.15, 0.2) is 15.9 Å². The number of hydrogen-bond donors (Lipinski definition) is 2. The van der Waals surface area contributed by atoms with E-state index in [1.54, 1.807) is 11.3 Å². The zero-order valence-electron chi connectivity index (χ0n) is 8.53. The van der Waals surface area contributed by atoms with Crippen molar-refractivity contribution in [3.8, 4) is 0 Å². The van der Waals surface area contributed by atoms with Crippen molar-refractivity contribution in [2.24, 2.45) is 0 Å². The topological polar surface area (TPSA) is 66.4 Å². The molecule has 2 N–H and O–H groups in total. The maximum absolute atomic E-state index is 11.3. The third kappa shape index (κ3) is 5.27. The SMILES string of the molecule is O=C(O)CCNC(=O)CCc1cc(Br)cs1. The molecule has 0 unspecified atom stereocenters. The fraction of sp³-hybridized carbons (Fsp3) is 0.400. The summed E-state index contributed by atoms with van der Waals surface area (Å²) in [4.78, 5) is 22.6. The molecule has 0 bridgehead atoms. The number of aliphatic carboxylic acids is 1. The van der Waals surface area contributed by atoms with E-state index >= 15 is 0 Å². The molecular weight excluding hydrogens is 294 g/mol. The Bertz CT molecular complexity index is 378. The molecule has 0 aromatic carbocycles. The molecule has 1 rings (SSSR count). The van der Waals surface area contributed by atoms with E-state index < -0.39 is 5.97 Å². The summed E-state index contributed by atoms with van der Waals surface area (Å²) >= 11 is 4.94. The number of carboxylic acid groups (broad SMARTS) is 1.